The molecule has 0 spiro atoms. The van der Waals surface area contributed by atoms with Crippen molar-refractivity contribution in [3.63, 3.8) is 0 Å². The zero-order valence-electron chi connectivity index (χ0n) is 10.5. The largest absolute Gasteiger partial charge is 0.508 e. The van der Waals surface area contributed by atoms with E-state index in [1.165, 1.54) is 0 Å². The molecule has 1 aromatic rings. The van der Waals surface area contributed by atoms with E-state index < -0.39 is 9.84 Å². The first-order valence-electron chi connectivity index (χ1n) is 6.19. The Hall–Kier alpha value is -1.07. The SMILES string of the molecule is CC(NCC1CCS(=O)(=O)C1)c1ccc(O)cc1. The fourth-order valence-corrected chi connectivity index (χ4v) is 4.12. The van der Waals surface area contributed by atoms with Gasteiger partial charge in [-0.05, 0) is 43.5 Å². The van der Waals surface area contributed by atoms with Gasteiger partial charge in [-0.15, -0.1) is 0 Å². The molecule has 18 heavy (non-hydrogen) atoms. The van der Waals surface area contributed by atoms with E-state index in [9.17, 15) is 13.5 Å². The second-order valence-electron chi connectivity index (χ2n) is 4.99. The highest BCUT2D eigenvalue weighted by Gasteiger charge is 2.27. The molecule has 2 unspecified atom stereocenters. The first kappa shape index (κ1) is 13.4. The standard InChI is InChI=1S/C13H19NO3S/c1-10(12-2-4-13(15)5-3-12)14-8-11-6-7-18(16,17)9-11/h2-5,10-11,14-15H,6-9H2,1H3. The van der Waals surface area contributed by atoms with E-state index in [0.29, 0.717) is 11.5 Å². The Balaban J connectivity index is 1.85. The highest BCUT2D eigenvalue weighted by Crippen LogP contribution is 2.20. The molecule has 1 aliphatic heterocycles. The molecule has 1 saturated heterocycles. The van der Waals surface area contributed by atoms with Crippen LogP contribution in [0.3, 0.4) is 0 Å². The van der Waals surface area contributed by atoms with Crippen LogP contribution in [0.2, 0.25) is 0 Å². The number of sulfone groups is 1. The summed E-state index contributed by atoms with van der Waals surface area (Å²) in [5.74, 6) is 1.12. The third kappa shape index (κ3) is 3.46. The Kier molecular flexibility index (Phi) is 3.92. The van der Waals surface area contributed by atoms with Crippen LogP contribution in [0.15, 0.2) is 24.3 Å². The summed E-state index contributed by atoms with van der Waals surface area (Å²) in [6.07, 6.45) is 0.762. The number of hydrogen-bond donors (Lipinski definition) is 2. The third-order valence-electron chi connectivity index (χ3n) is 3.43. The highest BCUT2D eigenvalue weighted by molar-refractivity contribution is 7.91. The zero-order chi connectivity index (χ0) is 13.2. The summed E-state index contributed by atoms with van der Waals surface area (Å²) < 4.78 is 22.7. The molecule has 0 amide bonds. The number of benzene rings is 1. The molecule has 1 aromatic carbocycles. The van der Waals surface area contributed by atoms with Crippen molar-refractivity contribution in [3.05, 3.63) is 29.8 Å². The van der Waals surface area contributed by atoms with Crippen LogP contribution < -0.4 is 5.32 Å². The molecule has 0 aliphatic carbocycles. The minimum absolute atomic E-state index is 0.161. The minimum atomic E-state index is -2.79. The van der Waals surface area contributed by atoms with E-state index in [-0.39, 0.29) is 17.7 Å². The van der Waals surface area contributed by atoms with E-state index in [0.717, 1.165) is 18.5 Å². The molecule has 0 radical (unpaired) electrons. The molecule has 100 valence electrons. The molecule has 2 atom stereocenters. The van der Waals surface area contributed by atoms with Crippen molar-refractivity contribution in [2.75, 3.05) is 18.1 Å². The van der Waals surface area contributed by atoms with Crippen LogP contribution in [0.1, 0.15) is 24.9 Å². The van der Waals surface area contributed by atoms with E-state index in [1.54, 1.807) is 12.1 Å². The van der Waals surface area contributed by atoms with Gasteiger partial charge in [0.2, 0.25) is 0 Å². The van der Waals surface area contributed by atoms with E-state index >= 15 is 0 Å². The molecular weight excluding hydrogens is 250 g/mol. The lowest BCUT2D eigenvalue weighted by Gasteiger charge is -2.16. The number of aromatic hydroxyl groups is 1. The summed E-state index contributed by atoms with van der Waals surface area (Å²) in [6.45, 7) is 2.76. The van der Waals surface area contributed by atoms with Gasteiger partial charge >= 0.3 is 0 Å². The molecule has 4 nitrogen and oxygen atoms in total. The van der Waals surface area contributed by atoms with Gasteiger partial charge in [0, 0.05) is 6.04 Å². The second kappa shape index (κ2) is 5.28. The van der Waals surface area contributed by atoms with Gasteiger partial charge in [0.15, 0.2) is 9.84 Å². The lowest BCUT2D eigenvalue weighted by Crippen LogP contribution is -2.26. The minimum Gasteiger partial charge on any atom is -0.508 e. The van der Waals surface area contributed by atoms with E-state index in [4.69, 9.17) is 0 Å². The number of rotatable bonds is 4. The molecule has 0 bridgehead atoms. The number of hydrogen-bond acceptors (Lipinski definition) is 4. The van der Waals surface area contributed by atoms with Crippen LogP contribution in [0.25, 0.3) is 0 Å². The van der Waals surface area contributed by atoms with Crippen LogP contribution in [0, 0.1) is 5.92 Å². The summed E-state index contributed by atoms with van der Waals surface area (Å²) in [6, 6.07) is 7.23. The molecule has 0 aromatic heterocycles. The molecule has 1 aliphatic rings. The molecular formula is C13H19NO3S. The van der Waals surface area contributed by atoms with Crippen LogP contribution >= 0.6 is 0 Å². The first-order chi connectivity index (χ1) is 8.46. The van der Waals surface area contributed by atoms with Gasteiger partial charge in [-0.1, -0.05) is 12.1 Å². The summed E-state index contributed by atoms with van der Waals surface area (Å²) in [4.78, 5) is 0. The summed E-state index contributed by atoms with van der Waals surface area (Å²) >= 11 is 0. The number of nitrogens with one attached hydrogen (secondary N) is 1. The predicted octanol–water partition coefficient (Wildman–Crippen LogP) is 1.48. The van der Waals surface area contributed by atoms with Gasteiger partial charge in [-0.2, -0.15) is 0 Å². The molecule has 2 rings (SSSR count). The first-order valence-corrected chi connectivity index (χ1v) is 8.01. The fraction of sp³-hybridized carbons (Fsp3) is 0.538. The maximum atomic E-state index is 11.3. The maximum Gasteiger partial charge on any atom is 0.150 e. The third-order valence-corrected chi connectivity index (χ3v) is 5.27. The predicted molar refractivity (Wildman–Crippen MR) is 71.3 cm³/mol. The average Bonchev–Trinajstić information content (AvgIpc) is 2.67. The van der Waals surface area contributed by atoms with Gasteiger partial charge < -0.3 is 10.4 Å². The Bertz CT molecular complexity index is 495. The van der Waals surface area contributed by atoms with Gasteiger partial charge in [-0.3, -0.25) is 0 Å². The highest BCUT2D eigenvalue weighted by atomic mass is 32.2. The summed E-state index contributed by atoms with van der Waals surface area (Å²) in [5.41, 5.74) is 1.09. The summed E-state index contributed by atoms with van der Waals surface area (Å²) in [7, 11) is -2.79. The molecule has 0 saturated carbocycles. The summed E-state index contributed by atoms with van der Waals surface area (Å²) in [5, 5.41) is 12.6. The van der Waals surface area contributed by atoms with Crippen molar-refractivity contribution in [1.29, 1.82) is 0 Å². The number of phenolic OH excluding ortho intramolecular Hbond substituents is 1. The smallest absolute Gasteiger partial charge is 0.150 e. The topological polar surface area (TPSA) is 66.4 Å². The van der Waals surface area contributed by atoms with Gasteiger partial charge in [0.25, 0.3) is 0 Å². The lowest BCUT2D eigenvalue weighted by molar-refractivity contribution is 0.468. The normalized spacial score (nSPS) is 23.9. The molecule has 1 heterocycles. The molecule has 2 N–H and O–H groups in total. The van der Waals surface area contributed by atoms with Gasteiger partial charge in [0.05, 0.1) is 11.5 Å². The Labute approximate surface area is 108 Å². The fourth-order valence-electron chi connectivity index (χ4n) is 2.26. The second-order valence-corrected chi connectivity index (χ2v) is 7.22. The Morgan fingerprint density at radius 1 is 1.39 bits per heavy atom. The quantitative estimate of drug-likeness (QED) is 0.869. The van der Waals surface area contributed by atoms with Crippen molar-refractivity contribution in [1.82, 2.24) is 5.32 Å². The Morgan fingerprint density at radius 3 is 2.61 bits per heavy atom. The van der Waals surface area contributed by atoms with Crippen molar-refractivity contribution in [2.45, 2.75) is 19.4 Å². The van der Waals surface area contributed by atoms with Gasteiger partial charge in [-0.25, -0.2) is 8.42 Å². The van der Waals surface area contributed by atoms with Crippen molar-refractivity contribution in [2.24, 2.45) is 5.92 Å². The van der Waals surface area contributed by atoms with Crippen molar-refractivity contribution in [3.8, 4) is 5.75 Å². The molecule has 1 fully saturated rings. The van der Waals surface area contributed by atoms with Crippen LogP contribution in [-0.4, -0.2) is 31.6 Å². The van der Waals surface area contributed by atoms with Crippen LogP contribution in [0.5, 0.6) is 5.75 Å². The van der Waals surface area contributed by atoms with Gasteiger partial charge in [0.1, 0.15) is 5.75 Å². The van der Waals surface area contributed by atoms with Crippen molar-refractivity contribution >= 4 is 9.84 Å². The van der Waals surface area contributed by atoms with Crippen LogP contribution in [0.4, 0.5) is 0 Å². The van der Waals surface area contributed by atoms with Crippen LogP contribution in [-0.2, 0) is 9.84 Å². The van der Waals surface area contributed by atoms with E-state index in [2.05, 4.69) is 5.32 Å². The molecule has 5 heteroatoms. The van der Waals surface area contributed by atoms with Crippen molar-refractivity contribution < 1.29 is 13.5 Å². The monoisotopic (exact) mass is 269 g/mol. The Morgan fingerprint density at radius 2 is 2.06 bits per heavy atom. The van der Waals surface area contributed by atoms with E-state index in [1.807, 2.05) is 19.1 Å². The lowest BCUT2D eigenvalue weighted by atomic mass is 10.1. The zero-order valence-corrected chi connectivity index (χ0v) is 11.3. The number of phenols is 1. The average molecular weight is 269 g/mol. The maximum absolute atomic E-state index is 11.3.